The van der Waals surface area contributed by atoms with Gasteiger partial charge in [-0.15, -0.1) is 0 Å². The van der Waals surface area contributed by atoms with Gasteiger partial charge in [0, 0.05) is 18.5 Å². The smallest absolute Gasteiger partial charge is 0.223 e. The van der Waals surface area contributed by atoms with E-state index in [0.29, 0.717) is 18.0 Å². The summed E-state index contributed by atoms with van der Waals surface area (Å²) in [6.07, 6.45) is 2.87. The summed E-state index contributed by atoms with van der Waals surface area (Å²) >= 11 is 0. The molecule has 1 amide bonds. The Morgan fingerprint density at radius 3 is 2.73 bits per heavy atom. The van der Waals surface area contributed by atoms with E-state index in [1.807, 2.05) is 4.90 Å². The van der Waals surface area contributed by atoms with Gasteiger partial charge in [-0.2, -0.15) is 0 Å². The second kappa shape index (κ2) is 3.24. The fourth-order valence-electron chi connectivity index (χ4n) is 1.72. The van der Waals surface area contributed by atoms with Crippen LogP contribution >= 0.6 is 0 Å². The first-order chi connectivity index (χ1) is 5.16. The molecule has 11 heavy (non-hydrogen) atoms. The van der Waals surface area contributed by atoms with Crippen LogP contribution in [-0.2, 0) is 4.79 Å². The number of hydrogen-bond donors (Lipinski definition) is 0. The van der Waals surface area contributed by atoms with Crippen LogP contribution in [0.2, 0.25) is 0 Å². The van der Waals surface area contributed by atoms with Gasteiger partial charge in [-0.25, -0.2) is 0 Å². The summed E-state index contributed by atoms with van der Waals surface area (Å²) in [6, 6.07) is 0.900. The first-order valence-corrected chi connectivity index (χ1v) is 4.48. The van der Waals surface area contributed by atoms with Gasteiger partial charge in [0.15, 0.2) is 0 Å². The average Bonchev–Trinajstić information content (AvgIpc) is 2.30. The molecule has 2 nitrogen and oxygen atoms in total. The van der Waals surface area contributed by atoms with E-state index in [2.05, 4.69) is 20.8 Å². The highest BCUT2D eigenvalue weighted by atomic mass is 16.2. The first-order valence-electron chi connectivity index (χ1n) is 4.48. The number of amides is 1. The Bertz CT molecular complexity index is 156. The van der Waals surface area contributed by atoms with Gasteiger partial charge in [-0.1, -0.05) is 6.92 Å². The van der Waals surface area contributed by atoms with E-state index in [0.717, 1.165) is 19.3 Å². The molecular weight excluding hydrogens is 138 g/mol. The maximum atomic E-state index is 11.3. The van der Waals surface area contributed by atoms with Crippen molar-refractivity contribution in [3.8, 4) is 0 Å². The topological polar surface area (TPSA) is 20.3 Å². The van der Waals surface area contributed by atoms with E-state index in [9.17, 15) is 4.79 Å². The number of likely N-dealkylation sites (tertiary alicyclic amines) is 1. The molecule has 0 aromatic carbocycles. The number of nitrogens with zero attached hydrogens (tertiary/aromatic N) is 1. The van der Waals surface area contributed by atoms with Crippen LogP contribution < -0.4 is 0 Å². The monoisotopic (exact) mass is 155 g/mol. The van der Waals surface area contributed by atoms with Crippen LogP contribution in [0.3, 0.4) is 0 Å². The van der Waals surface area contributed by atoms with Gasteiger partial charge in [-0.3, -0.25) is 4.79 Å². The summed E-state index contributed by atoms with van der Waals surface area (Å²) in [6.45, 7) is 6.39. The molecule has 2 heteroatoms. The van der Waals surface area contributed by atoms with Crippen molar-refractivity contribution in [1.82, 2.24) is 4.90 Å². The molecule has 0 bridgehead atoms. The second-order valence-electron chi connectivity index (χ2n) is 3.45. The number of hydrogen-bond acceptors (Lipinski definition) is 1. The van der Waals surface area contributed by atoms with E-state index in [4.69, 9.17) is 0 Å². The fraction of sp³-hybridized carbons (Fsp3) is 0.889. The molecule has 0 radical (unpaired) electrons. The number of carbonyl (C=O) groups is 1. The molecule has 64 valence electrons. The minimum absolute atomic E-state index is 0.340. The summed E-state index contributed by atoms with van der Waals surface area (Å²) < 4.78 is 0. The third-order valence-electron chi connectivity index (χ3n) is 2.60. The lowest BCUT2D eigenvalue weighted by atomic mass is 10.2. The molecule has 1 aliphatic heterocycles. The van der Waals surface area contributed by atoms with Crippen LogP contribution in [0.1, 0.15) is 40.0 Å². The molecule has 2 unspecified atom stereocenters. The van der Waals surface area contributed by atoms with Crippen molar-refractivity contribution in [3.05, 3.63) is 0 Å². The molecule has 1 saturated heterocycles. The van der Waals surface area contributed by atoms with E-state index >= 15 is 0 Å². The molecule has 0 aromatic heterocycles. The minimum atomic E-state index is 0.340. The Morgan fingerprint density at radius 1 is 1.73 bits per heavy atom. The van der Waals surface area contributed by atoms with Crippen molar-refractivity contribution in [2.45, 2.75) is 52.1 Å². The van der Waals surface area contributed by atoms with E-state index in [1.54, 1.807) is 0 Å². The van der Waals surface area contributed by atoms with Gasteiger partial charge in [0.25, 0.3) is 0 Å². The molecule has 1 heterocycles. The molecule has 1 fully saturated rings. The van der Waals surface area contributed by atoms with Gasteiger partial charge < -0.3 is 4.90 Å². The summed E-state index contributed by atoms with van der Waals surface area (Å²) in [5, 5.41) is 0. The highest BCUT2D eigenvalue weighted by Crippen LogP contribution is 2.21. The van der Waals surface area contributed by atoms with Gasteiger partial charge in [0.1, 0.15) is 0 Å². The molecule has 1 rings (SSSR count). The predicted octanol–water partition coefficient (Wildman–Crippen LogP) is 1.80. The van der Waals surface area contributed by atoms with Crippen molar-refractivity contribution in [2.24, 2.45) is 0 Å². The SMILES string of the molecule is CCC(C)N1C(=O)CCC1C. The normalized spacial score (nSPS) is 27.7. The number of carbonyl (C=O) groups excluding carboxylic acids is 1. The second-order valence-corrected chi connectivity index (χ2v) is 3.45. The Morgan fingerprint density at radius 2 is 2.36 bits per heavy atom. The van der Waals surface area contributed by atoms with Crippen LogP contribution in [0.4, 0.5) is 0 Å². The van der Waals surface area contributed by atoms with Gasteiger partial charge in [0.2, 0.25) is 5.91 Å². The molecule has 2 atom stereocenters. The Labute approximate surface area is 68.6 Å². The lowest BCUT2D eigenvalue weighted by molar-refractivity contribution is -0.130. The van der Waals surface area contributed by atoms with Crippen LogP contribution in [0.5, 0.6) is 0 Å². The van der Waals surface area contributed by atoms with Crippen molar-refractivity contribution in [3.63, 3.8) is 0 Å². The molecule has 1 aliphatic rings. The van der Waals surface area contributed by atoms with Crippen molar-refractivity contribution < 1.29 is 4.79 Å². The van der Waals surface area contributed by atoms with Crippen LogP contribution in [-0.4, -0.2) is 22.9 Å². The Balaban J connectivity index is 2.60. The van der Waals surface area contributed by atoms with E-state index < -0.39 is 0 Å². The summed E-state index contributed by atoms with van der Waals surface area (Å²) in [4.78, 5) is 13.3. The van der Waals surface area contributed by atoms with Crippen LogP contribution in [0, 0.1) is 0 Å². The van der Waals surface area contributed by atoms with Gasteiger partial charge in [0.05, 0.1) is 0 Å². The molecule has 0 aliphatic carbocycles. The van der Waals surface area contributed by atoms with Gasteiger partial charge in [-0.05, 0) is 26.7 Å². The molecule has 0 aromatic rings. The van der Waals surface area contributed by atoms with E-state index in [1.165, 1.54) is 0 Å². The zero-order valence-corrected chi connectivity index (χ0v) is 7.63. The summed E-state index contributed by atoms with van der Waals surface area (Å²) in [7, 11) is 0. The maximum Gasteiger partial charge on any atom is 0.223 e. The highest BCUT2D eigenvalue weighted by molar-refractivity contribution is 5.78. The van der Waals surface area contributed by atoms with Crippen molar-refractivity contribution in [2.75, 3.05) is 0 Å². The number of rotatable bonds is 2. The van der Waals surface area contributed by atoms with Crippen LogP contribution in [0.15, 0.2) is 0 Å². The first kappa shape index (κ1) is 8.57. The Kier molecular flexibility index (Phi) is 2.53. The lowest BCUT2D eigenvalue weighted by Crippen LogP contribution is -2.38. The molecule has 0 N–H and O–H groups in total. The largest absolute Gasteiger partial charge is 0.337 e. The quantitative estimate of drug-likeness (QED) is 0.595. The molecule has 0 spiro atoms. The highest BCUT2D eigenvalue weighted by Gasteiger charge is 2.30. The zero-order chi connectivity index (χ0) is 8.43. The van der Waals surface area contributed by atoms with Crippen molar-refractivity contribution in [1.29, 1.82) is 0 Å². The fourth-order valence-corrected chi connectivity index (χ4v) is 1.72. The molecule has 0 saturated carbocycles. The summed E-state index contributed by atoms with van der Waals surface area (Å²) in [5.41, 5.74) is 0. The average molecular weight is 155 g/mol. The summed E-state index contributed by atoms with van der Waals surface area (Å²) in [5.74, 6) is 0.340. The zero-order valence-electron chi connectivity index (χ0n) is 7.63. The van der Waals surface area contributed by atoms with E-state index in [-0.39, 0.29) is 0 Å². The van der Waals surface area contributed by atoms with Crippen LogP contribution in [0.25, 0.3) is 0 Å². The standard InChI is InChI=1S/C9H17NO/c1-4-7(2)10-8(3)5-6-9(10)11/h7-8H,4-6H2,1-3H3. The Hall–Kier alpha value is -0.530. The lowest BCUT2D eigenvalue weighted by Gasteiger charge is -2.27. The van der Waals surface area contributed by atoms with Crippen molar-refractivity contribution >= 4 is 5.91 Å². The predicted molar refractivity (Wildman–Crippen MR) is 45.3 cm³/mol. The third kappa shape index (κ3) is 1.55. The van der Waals surface area contributed by atoms with Gasteiger partial charge >= 0.3 is 0 Å². The third-order valence-corrected chi connectivity index (χ3v) is 2.60. The maximum absolute atomic E-state index is 11.3. The molecular formula is C9H17NO. The minimum Gasteiger partial charge on any atom is -0.337 e.